The molecule has 2 aromatic rings. The number of hydrogen-bond donors (Lipinski definition) is 1. The highest BCUT2D eigenvalue weighted by Crippen LogP contribution is 2.41. The summed E-state index contributed by atoms with van der Waals surface area (Å²) in [7, 11) is -0.980. The van der Waals surface area contributed by atoms with E-state index in [9.17, 15) is 4.21 Å². The average molecular weight is 384 g/mol. The molecular weight excluding hydrogens is 358 g/mol. The number of fused-ring (bicyclic) bond motifs is 1. The molecule has 4 heterocycles. The van der Waals surface area contributed by atoms with Crippen molar-refractivity contribution in [3.63, 3.8) is 0 Å². The molecule has 0 amide bonds. The minimum Gasteiger partial charge on any atom is -0.363 e. The summed E-state index contributed by atoms with van der Waals surface area (Å²) in [5.74, 6) is 2.74. The van der Waals surface area contributed by atoms with Gasteiger partial charge in [-0.15, -0.1) is 0 Å². The van der Waals surface area contributed by atoms with Crippen LogP contribution in [0.15, 0.2) is 29.4 Å². The van der Waals surface area contributed by atoms with Gasteiger partial charge in [-0.2, -0.15) is 4.98 Å². The second kappa shape index (κ2) is 6.55. The maximum atomic E-state index is 12.5. The van der Waals surface area contributed by atoms with Gasteiger partial charge >= 0.3 is 0 Å². The van der Waals surface area contributed by atoms with Gasteiger partial charge in [0.25, 0.3) is 0 Å². The van der Waals surface area contributed by atoms with Gasteiger partial charge < -0.3 is 10.2 Å². The lowest BCUT2D eigenvalue weighted by atomic mass is 9.75. The van der Waals surface area contributed by atoms with Crippen LogP contribution in [0.25, 0.3) is 0 Å². The van der Waals surface area contributed by atoms with Crippen molar-refractivity contribution < 1.29 is 4.21 Å². The number of rotatable bonds is 5. The lowest BCUT2D eigenvalue weighted by Crippen LogP contribution is -2.47. The van der Waals surface area contributed by atoms with E-state index in [1.807, 2.05) is 18.5 Å². The molecule has 1 saturated carbocycles. The Morgan fingerprint density at radius 1 is 1.33 bits per heavy atom. The highest BCUT2D eigenvalue weighted by Gasteiger charge is 2.38. The van der Waals surface area contributed by atoms with E-state index in [1.165, 1.54) is 12.0 Å². The molecule has 1 saturated heterocycles. The summed E-state index contributed by atoms with van der Waals surface area (Å²) in [6.07, 6.45) is 9.19. The largest absolute Gasteiger partial charge is 0.363 e. The molecule has 1 unspecified atom stereocenters. The van der Waals surface area contributed by atoms with E-state index in [1.54, 1.807) is 0 Å². The normalized spacial score (nSPS) is 23.4. The summed E-state index contributed by atoms with van der Waals surface area (Å²) in [5, 5.41) is 3.68. The Morgan fingerprint density at radius 3 is 2.85 bits per heavy atom. The Bertz CT molecular complexity index is 872. The van der Waals surface area contributed by atoms with Crippen molar-refractivity contribution in [1.29, 1.82) is 0 Å². The van der Waals surface area contributed by atoms with Crippen molar-refractivity contribution in [2.75, 3.05) is 29.1 Å². The van der Waals surface area contributed by atoms with Crippen molar-refractivity contribution in [2.45, 2.75) is 55.4 Å². The first-order valence-electron chi connectivity index (χ1n) is 9.90. The molecule has 6 nitrogen and oxygen atoms in total. The van der Waals surface area contributed by atoms with Gasteiger partial charge in [0, 0.05) is 49.1 Å². The smallest absolute Gasteiger partial charge is 0.227 e. The van der Waals surface area contributed by atoms with E-state index in [-0.39, 0.29) is 5.54 Å². The lowest BCUT2D eigenvalue weighted by Gasteiger charge is -2.43. The summed E-state index contributed by atoms with van der Waals surface area (Å²) >= 11 is 0. The molecule has 2 aliphatic heterocycles. The molecule has 142 valence electrons. The molecule has 2 aromatic heterocycles. The molecule has 0 aromatic carbocycles. The van der Waals surface area contributed by atoms with Crippen molar-refractivity contribution in [1.82, 2.24) is 15.0 Å². The van der Waals surface area contributed by atoms with Crippen LogP contribution in [-0.4, -0.2) is 43.5 Å². The first-order valence-corrected chi connectivity index (χ1v) is 11.2. The first-order chi connectivity index (χ1) is 13.2. The van der Waals surface area contributed by atoms with Gasteiger partial charge in [-0.05, 0) is 37.3 Å². The molecule has 1 atom stereocenters. The zero-order valence-corrected chi connectivity index (χ0v) is 16.5. The van der Waals surface area contributed by atoms with Gasteiger partial charge in [-0.25, -0.2) is 4.98 Å². The van der Waals surface area contributed by atoms with Crippen molar-refractivity contribution in [3.8, 4) is 0 Å². The van der Waals surface area contributed by atoms with Gasteiger partial charge in [0.05, 0.1) is 16.5 Å². The van der Waals surface area contributed by atoms with E-state index in [0.717, 1.165) is 61.1 Å². The van der Waals surface area contributed by atoms with Crippen LogP contribution in [0.1, 0.15) is 49.8 Å². The molecule has 0 spiro atoms. The SMILES string of the molecule is CCC1(Nc2nc(N3CC(c4cccnc4)C3)nc3c2S(=O)CC3)CCC1. The molecule has 0 bridgehead atoms. The Balaban J connectivity index is 1.41. The molecule has 5 rings (SSSR count). The minimum atomic E-state index is -0.980. The van der Waals surface area contributed by atoms with Gasteiger partial charge in [-0.1, -0.05) is 13.0 Å². The van der Waals surface area contributed by atoms with E-state index in [2.05, 4.69) is 28.2 Å². The second-order valence-corrected chi connectivity index (χ2v) is 9.46. The Labute approximate surface area is 162 Å². The number of pyridine rings is 1. The molecule has 0 radical (unpaired) electrons. The van der Waals surface area contributed by atoms with E-state index in [0.29, 0.717) is 11.7 Å². The van der Waals surface area contributed by atoms with E-state index >= 15 is 0 Å². The van der Waals surface area contributed by atoms with Crippen LogP contribution in [0.3, 0.4) is 0 Å². The number of nitrogens with zero attached hydrogens (tertiary/aromatic N) is 4. The number of aryl methyl sites for hydroxylation is 1. The van der Waals surface area contributed by atoms with Crippen LogP contribution in [0.2, 0.25) is 0 Å². The zero-order chi connectivity index (χ0) is 18.4. The van der Waals surface area contributed by atoms with Crippen LogP contribution in [-0.2, 0) is 17.2 Å². The second-order valence-electron chi connectivity index (χ2n) is 7.95. The van der Waals surface area contributed by atoms with Crippen LogP contribution in [0.4, 0.5) is 11.8 Å². The van der Waals surface area contributed by atoms with Crippen molar-refractivity contribution in [2.24, 2.45) is 0 Å². The number of anilines is 2. The number of aromatic nitrogens is 3. The first kappa shape index (κ1) is 17.1. The van der Waals surface area contributed by atoms with Crippen LogP contribution in [0, 0.1) is 0 Å². The minimum absolute atomic E-state index is 0.124. The summed E-state index contributed by atoms with van der Waals surface area (Å²) in [4.78, 5) is 16.9. The Hall–Kier alpha value is -2.02. The van der Waals surface area contributed by atoms with Crippen LogP contribution in [0.5, 0.6) is 0 Å². The molecule has 2 fully saturated rings. The fraction of sp³-hybridized carbons (Fsp3) is 0.550. The van der Waals surface area contributed by atoms with Gasteiger partial charge in [0.15, 0.2) is 0 Å². The van der Waals surface area contributed by atoms with Crippen molar-refractivity contribution in [3.05, 3.63) is 35.8 Å². The molecule has 1 N–H and O–H groups in total. The molecule has 1 aliphatic carbocycles. The molecule has 7 heteroatoms. The highest BCUT2D eigenvalue weighted by molar-refractivity contribution is 7.85. The van der Waals surface area contributed by atoms with E-state index in [4.69, 9.17) is 9.97 Å². The number of nitrogens with one attached hydrogen (secondary N) is 1. The standard InChI is InChI=1S/C20H25N5OS/c1-2-20(7-4-8-20)24-18-17-16(6-10-27(17)26)22-19(23-18)25-12-15(13-25)14-5-3-9-21-11-14/h3,5,9,11,15H,2,4,6-8,10,12-13H2,1H3,(H,22,23,24). The topological polar surface area (TPSA) is 71.0 Å². The summed E-state index contributed by atoms with van der Waals surface area (Å²) < 4.78 is 12.5. The quantitative estimate of drug-likeness (QED) is 0.856. The Morgan fingerprint density at radius 2 is 2.19 bits per heavy atom. The maximum Gasteiger partial charge on any atom is 0.227 e. The molecular formula is C20H25N5OS. The van der Waals surface area contributed by atoms with Gasteiger partial charge in [0.2, 0.25) is 5.95 Å². The summed E-state index contributed by atoms with van der Waals surface area (Å²) in [6.45, 7) is 4.04. The summed E-state index contributed by atoms with van der Waals surface area (Å²) in [5.41, 5.74) is 2.37. The fourth-order valence-corrected chi connectivity index (χ4v) is 5.61. The number of hydrogen-bond acceptors (Lipinski definition) is 6. The average Bonchev–Trinajstić information content (AvgIpc) is 2.99. The highest BCUT2D eigenvalue weighted by atomic mass is 32.2. The van der Waals surface area contributed by atoms with E-state index < -0.39 is 10.8 Å². The third-order valence-corrected chi connectivity index (χ3v) is 7.83. The van der Waals surface area contributed by atoms with Gasteiger partial charge in [-0.3, -0.25) is 9.19 Å². The summed E-state index contributed by atoms with van der Waals surface area (Å²) in [6, 6.07) is 4.13. The fourth-order valence-electron chi connectivity index (χ4n) is 4.30. The predicted molar refractivity (Wildman–Crippen MR) is 107 cm³/mol. The third-order valence-electron chi connectivity index (χ3n) is 6.37. The lowest BCUT2D eigenvalue weighted by molar-refractivity contribution is 0.268. The monoisotopic (exact) mass is 383 g/mol. The predicted octanol–water partition coefficient (Wildman–Crippen LogP) is 2.88. The Kier molecular flexibility index (Phi) is 4.15. The molecule has 27 heavy (non-hydrogen) atoms. The van der Waals surface area contributed by atoms with Crippen LogP contribution < -0.4 is 10.2 Å². The third kappa shape index (κ3) is 2.92. The van der Waals surface area contributed by atoms with Crippen LogP contribution >= 0.6 is 0 Å². The molecule has 3 aliphatic rings. The van der Waals surface area contributed by atoms with Gasteiger partial charge in [0.1, 0.15) is 10.7 Å². The maximum absolute atomic E-state index is 12.5. The zero-order valence-electron chi connectivity index (χ0n) is 15.6. The van der Waals surface area contributed by atoms with Crippen molar-refractivity contribution >= 4 is 22.6 Å².